The Balaban J connectivity index is 0.000000192. The summed E-state index contributed by atoms with van der Waals surface area (Å²) in [4.78, 5) is 40.7. The van der Waals surface area contributed by atoms with Gasteiger partial charge in [0.25, 0.3) is 11.8 Å². The number of carbonyl (C=O) groups is 2. The van der Waals surface area contributed by atoms with E-state index in [9.17, 15) is 9.59 Å². The lowest BCUT2D eigenvalue weighted by atomic mass is 9.61. The average molecular weight is 947 g/mol. The van der Waals surface area contributed by atoms with E-state index in [2.05, 4.69) is 60.1 Å². The van der Waals surface area contributed by atoms with Gasteiger partial charge in [0.2, 0.25) is 0 Å². The summed E-state index contributed by atoms with van der Waals surface area (Å²) in [5.74, 6) is 14.9. The minimum Gasteiger partial charge on any atom is -0.381 e. The minimum atomic E-state index is -0.906. The lowest BCUT2D eigenvalue weighted by Gasteiger charge is -2.45. The number of hydrogen-bond acceptors (Lipinski definition) is 9. The highest BCUT2D eigenvalue weighted by atomic mass is 127. The molecule has 4 saturated carbocycles. The molecule has 60 heavy (non-hydrogen) atoms. The summed E-state index contributed by atoms with van der Waals surface area (Å²) >= 11 is 1.56. The highest BCUT2D eigenvalue weighted by Crippen LogP contribution is 2.63. The summed E-state index contributed by atoms with van der Waals surface area (Å²) < 4.78 is 11.2. The van der Waals surface area contributed by atoms with E-state index in [1.165, 1.54) is 41.7 Å². The zero-order valence-corrected chi connectivity index (χ0v) is 38.3. The van der Waals surface area contributed by atoms with Gasteiger partial charge in [-0.1, -0.05) is 55.0 Å². The topological polar surface area (TPSA) is 145 Å². The molecule has 6 aliphatic carbocycles. The maximum Gasteiger partial charge on any atom is 0.262 e. The predicted octanol–water partition coefficient (Wildman–Crippen LogP) is 7.94. The van der Waals surface area contributed by atoms with Crippen molar-refractivity contribution >= 4 is 58.7 Å². The largest absolute Gasteiger partial charge is 0.381 e. The van der Waals surface area contributed by atoms with Crippen LogP contribution in [-0.4, -0.2) is 79.5 Å². The summed E-state index contributed by atoms with van der Waals surface area (Å²) in [5.41, 5.74) is 10.7. The van der Waals surface area contributed by atoms with Gasteiger partial charge in [-0.2, -0.15) is 0 Å². The molecular formula is C48H63IN6O4S. The molecule has 2 amide bonds. The van der Waals surface area contributed by atoms with Crippen molar-refractivity contribution < 1.29 is 19.1 Å². The predicted molar refractivity (Wildman–Crippen MR) is 252 cm³/mol. The van der Waals surface area contributed by atoms with Gasteiger partial charge in [0.15, 0.2) is 22.2 Å². The molecule has 4 fully saturated rings. The van der Waals surface area contributed by atoms with Crippen LogP contribution in [0.1, 0.15) is 118 Å². The fourth-order valence-electron chi connectivity index (χ4n) is 11.0. The van der Waals surface area contributed by atoms with Gasteiger partial charge in [-0.25, -0.2) is 9.98 Å². The van der Waals surface area contributed by atoms with Gasteiger partial charge in [0, 0.05) is 62.1 Å². The molecule has 2 aromatic carbocycles. The first-order chi connectivity index (χ1) is 27.5. The molecule has 0 aromatic heterocycles. The van der Waals surface area contributed by atoms with Crippen molar-refractivity contribution in [2.45, 2.75) is 121 Å². The minimum absolute atomic E-state index is 0. The molecule has 4 spiro atoms. The van der Waals surface area contributed by atoms with Crippen LogP contribution in [0.15, 0.2) is 46.4 Å². The monoisotopic (exact) mass is 946 g/mol. The third kappa shape index (κ3) is 7.30. The average Bonchev–Trinajstić information content (AvgIpc) is 4.17. The van der Waals surface area contributed by atoms with Crippen molar-refractivity contribution in [2.24, 2.45) is 38.4 Å². The summed E-state index contributed by atoms with van der Waals surface area (Å²) in [6.45, 7) is 0. The first-order valence-corrected chi connectivity index (χ1v) is 22.2. The molecule has 2 aliphatic heterocycles. The zero-order valence-electron chi connectivity index (χ0n) is 35.2. The third-order valence-electron chi connectivity index (χ3n) is 14.6. The quantitative estimate of drug-likeness (QED) is 0.230. The second kappa shape index (κ2) is 17.4. The molecule has 0 saturated heterocycles. The number of rotatable bonds is 2. The number of likely N-dealkylation sites (N-methyl/N-ethyl adjacent to an activating group) is 2. The number of hydrogen-bond donors (Lipinski definition) is 2. The van der Waals surface area contributed by atoms with Crippen molar-refractivity contribution in [3.8, 4) is 23.7 Å². The summed E-state index contributed by atoms with van der Waals surface area (Å²) in [6, 6.07) is 12.9. The fourth-order valence-corrected chi connectivity index (χ4v) is 11.6. The van der Waals surface area contributed by atoms with Gasteiger partial charge in [-0.3, -0.25) is 19.4 Å². The number of methoxy groups -OCH3 is 2. The molecule has 10 nitrogen and oxygen atoms in total. The van der Waals surface area contributed by atoms with Crippen LogP contribution in [0.3, 0.4) is 0 Å². The molecule has 2 unspecified atom stereocenters. The number of benzene rings is 2. The Hall–Kier alpha value is -3.40. The first kappa shape index (κ1) is 46.1. The van der Waals surface area contributed by atoms with Gasteiger partial charge >= 0.3 is 0 Å². The number of amidine groups is 1. The molecule has 5 N–H and O–H groups in total. The second-order valence-corrected chi connectivity index (χ2v) is 18.6. The molecule has 0 radical (unpaired) electrons. The van der Waals surface area contributed by atoms with Crippen molar-refractivity contribution in [1.29, 1.82) is 0 Å². The van der Waals surface area contributed by atoms with Crippen LogP contribution in [0.5, 0.6) is 0 Å². The Bertz CT molecular complexity index is 2200. The molecule has 2 atom stereocenters. The fraction of sp³-hybridized carbons (Fsp3) is 0.583. The van der Waals surface area contributed by atoms with Gasteiger partial charge in [-0.05, 0) is 143 Å². The van der Waals surface area contributed by atoms with E-state index in [4.69, 9.17) is 25.2 Å². The van der Waals surface area contributed by atoms with E-state index in [0.29, 0.717) is 23.9 Å². The van der Waals surface area contributed by atoms with E-state index >= 15 is 0 Å². The van der Waals surface area contributed by atoms with E-state index in [1.807, 2.05) is 13.3 Å². The Morgan fingerprint density at radius 1 is 0.700 bits per heavy atom. The number of carbonyl (C=O) groups excluding carboxylic acids is 2. The molecule has 12 heteroatoms. The van der Waals surface area contributed by atoms with Crippen molar-refractivity contribution in [3.63, 3.8) is 0 Å². The third-order valence-corrected chi connectivity index (χ3v) is 15.4. The lowest BCUT2D eigenvalue weighted by molar-refractivity contribution is -0.138. The van der Waals surface area contributed by atoms with Crippen LogP contribution in [0.4, 0.5) is 0 Å². The number of aliphatic imine (C=N–C) groups is 2. The maximum absolute atomic E-state index is 13.8. The Morgan fingerprint density at radius 3 is 1.47 bits per heavy atom. The van der Waals surface area contributed by atoms with Crippen molar-refractivity contribution in [2.75, 3.05) is 34.6 Å². The molecule has 2 aromatic rings. The smallest absolute Gasteiger partial charge is 0.262 e. The van der Waals surface area contributed by atoms with Crippen molar-refractivity contribution in [3.05, 3.63) is 69.8 Å². The van der Waals surface area contributed by atoms with Crippen LogP contribution >= 0.6 is 35.7 Å². The first-order valence-electron chi connectivity index (χ1n) is 20.9. The summed E-state index contributed by atoms with van der Waals surface area (Å²) in [5, 5.41) is 0.825. The van der Waals surface area contributed by atoms with Crippen LogP contribution in [0, 0.1) is 46.3 Å². The van der Waals surface area contributed by atoms with Gasteiger partial charge < -0.3 is 21.4 Å². The second-order valence-electron chi connectivity index (χ2n) is 17.8. The number of fused-ring (bicyclic) bond motifs is 6. The van der Waals surface area contributed by atoms with E-state index in [1.54, 1.807) is 37.9 Å². The molecule has 322 valence electrons. The molecule has 8 aliphatic rings. The summed E-state index contributed by atoms with van der Waals surface area (Å²) in [7, 11) is 7.18. The molecular weight excluding hydrogens is 884 g/mol. The van der Waals surface area contributed by atoms with E-state index < -0.39 is 11.1 Å². The number of ether oxygens (including phenoxy) is 2. The maximum atomic E-state index is 13.8. The highest BCUT2D eigenvalue weighted by molar-refractivity contribution is 14.0. The normalized spacial score (nSPS) is 31.8. The molecule has 10 rings (SSSR count). The van der Waals surface area contributed by atoms with Gasteiger partial charge in [0.1, 0.15) is 0 Å². The Labute approximate surface area is 378 Å². The Kier molecular flexibility index (Phi) is 13.4. The van der Waals surface area contributed by atoms with E-state index in [0.717, 1.165) is 91.6 Å². The van der Waals surface area contributed by atoms with Crippen LogP contribution in [0.2, 0.25) is 0 Å². The van der Waals surface area contributed by atoms with Crippen LogP contribution in [0.25, 0.3) is 0 Å². The van der Waals surface area contributed by atoms with Crippen molar-refractivity contribution in [1.82, 2.24) is 16.0 Å². The highest BCUT2D eigenvalue weighted by Gasteiger charge is 2.67. The van der Waals surface area contributed by atoms with E-state index in [-0.39, 0.29) is 66.3 Å². The number of nitrogens with zero attached hydrogens (tertiary/aromatic N) is 4. The van der Waals surface area contributed by atoms with Gasteiger partial charge in [0.05, 0.1) is 12.2 Å². The molecule has 0 bridgehead atoms. The number of halogens is 1. The standard InChI is InChI=1S/C24H28N2O2S.C23H27N3O2.CH4.HI.H3N/c1-26-21(27)24(25-22(26)29-3)20-14-17(7-6-16-4-5-16)8-9-18(20)15-23(24)12-10-19(28-2)11-13-23;1-26-20(27)23(25-21(26)24)19-13-16(6-5-15-3-4-15)7-8-17(19)14-22(23)11-9-18(28-2)10-12-22;;;/h8-9,14,16,19H,4-5,10-13,15H2,1-3H3;7-8,13,15,18H,3-4,9-12,14H2,1-2H3,(H2,24,25);1H4;1H;1H3. The number of amides is 2. The number of thioether (sulfide) groups is 1. The zero-order chi connectivity index (χ0) is 39.7. The Morgan fingerprint density at radius 2 is 1.12 bits per heavy atom. The SMILES string of the molecule is C.COC1CCC2(CC1)Cc1ccc(C#CC3CC3)cc1C21N=C(N)N(C)C1=O.COC1CCC2(CC1)Cc1ccc(C#CC3CC3)cc1C21N=C(SC)N(C)C1=O.I.N. The molecule has 2 heterocycles. The number of nitrogens with two attached hydrogens (primary N) is 1. The summed E-state index contributed by atoms with van der Waals surface area (Å²) in [6.07, 6.45) is 16.8. The van der Waals surface area contributed by atoms with Crippen LogP contribution in [-0.2, 0) is 43.0 Å². The number of guanidine groups is 1. The van der Waals surface area contributed by atoms with Gasteiger partial charge in [-0.15, -0.1) is 24.0 Å². The van der Waals surface area contributed by atoms with Crippen LogP contribution < -0.4 is 11.9 Å². The lowest BCUT2D eigenvalue weighted by Crippen LogP contribution is -2.51.